The molecule has 0 spiro atoms. The molecule has 0 radical (unpaired) electrons. The van der Waals surface area contributed by atoms with Crippen LogP contribution >= 0.6 is 0 Å². The van der Waals surface area contributed by atoms with E-state index in [1.54, 1.807) is 6.26 Å². The van der Waals surface area contributed by atoms with E-state index in [-0.39, 0.29) is 0 Å². The lowest BCUT2D eigenvalue weighted by atomic mass is 9.83. The summed E-state index contributed by atoms with van der Waals surface area (Å²) in [5, 5.41) is 13.1. The van der Waals surface area contributed by atoms with Crippen molar-refractivity contribution in [1.82, 2.24) is 10.3 Å². The highest BCUT2D eigenvalue weighted by atomic mass is 16.5. The van der Waals surface area contributed by atoms with Gasteiger partial charge in [0.15, 0.2) is 6.61 Å². The van der Waals surface area contributed by atoms with Crippen LogP contribution in [0.3, 0.4) is 0 Å². The normalized spacial score (nSPS) is 17.8. The Balaban J connectivity index is 1.40. The molecular weight excluding hydrogens is 430 g/mol. The second-order valence-corrected chi connectivity index (χ2v) is 8.89. The third-order valence-electron chi connectivity index (χ3n) is 6.64. The largest absolute Gasteiger partial charge is 0.465 e. The number of ether oxygens (including phenoxy) is 1. The van der Waals surface area contributed by atoms with Crippen molar-refractivity contribution >= 4 is 34.4 Å². The Labute approximate surface area is 197 Å². The summed E-state index contributed by atoms with van der Waals surface area (Å²) in [6, 6.07) is 13.4. The number of amides is 1. The van der Waals surface area contributed by atoms with Crippen molar-refractivity contribution in [2.24, 2.45) is 0 Å². The maximum absolute atomic E-state index is 13.3. The Morgan fingerprint density at radius 1 is 1.15 bits per heavy atom. The molecule has 7 nitrogen and oxygen atoms in total. The van der Waals surface area contributed by atoms with Crippen LogP contribution in [-0.4, -0.2) is 29.0 Å². The number of nitriles is 1. The van der Waals surface area contributed by atoms with Gasteiger partial charge in [-0.3, -0.25) is 4.79 Å². The summed E-state index contributed by atoms with van der Waals surface area (Å²) < 4.78 is 10.9. The fourth-order valence-corrected chi connectivity index (χ4v) is 4.98. The van der Waals surface area contributed by atoms with E-state index < -0.39 is 24.0 Å². The minimum absolute atomic E-state index is 0.428. The maximum Gasteiger partial charge on any atom is 0.339 e. The van der Waals surface area contributed by atoms with Crippen molar-refractivity contribution < 1.29 is 18.7 Å². The van der Waals surface area contributed by atoms with E-state index in [1.807, 2.05) is 42.5 Å². The first-order chi connectivity index (χ1) is 16.6. The molecule has 2 aliphatic carbocycles. The van der Waals surface area contributed by atoms with E-state index in [0.717, 1.165) is 48.3 Å². The first-order valence-electron chi connectivity index (χ1n) is 11.6. The van der Waals surface area contributed by atoms with E-state index in [4.69, 9.17) is 14.1 Å². The van der Waals surface area contributed by atoms with Crippen LogP contribution in [0.2, 0.25) is 0 Å². The fraction of sp³-hybridized carbons (Fsp3) is 0.333. The molecule has 3 aromatic rings. The van der Waals surface area contributed by atoms with Crippen molar-refractivity contribution in [3.05, 3.63) is 65.2 Å². The molecule has 34 heavy (non-hydrogen) atoms. The highest BCUT2D eigenvalue weighted by molar-refractivity contribution is 6.07. The van der Waals surface area contributed by atoms with Crippen LogP contribution in [0.25, 0.3) is 22.6 Å². The zero-order valence-electron chi connectivity index (χ0n) is 18.8. The van der Waals surface area contributed by atoms with Crippen LogP contribution in [0.1, 0.15) is 65.9 Å². The molecule has 0 atom stereocenters. The smallest absolute Gasteiger partial charge is 0.339 e. The number of carbonyl (C=O) groups is 2. The molecule has 0 bridgehead atoms. The van der Waals surface area contributed by atoms with Gasteiger partial charge in [0.05, 0.1) is 29.1 Å². The molecule has 7 heteroatoms. The van der Waals surface area contributed by atoms with Gasteiger partial charge >= 0.3 is 5.97 Å². The SMILES string of the molecule is N#CC1(NC(=O)COC(=O)c2c3c(nc4ccccc24)/C(=C/c2ccco2)CC3)CCCCC1. The Kier molecular flexibility index (Phi) is 5.89. The summed E-state index contributed by atoms with van der Waals surface area (Å²) in [6.07, 6.45) is 9.04. The quantitative estimate of drug-likeness (QED) is 0.553. The number of aromatic nitrogens is 1. The molecule has 2 heterocycles. The first-order valence-corrected chi connectivity index (χ1v) is 11.6. The van der Waals surface area contributed by atoms with Crippen molar-refractivity contribution in [2.45, 2.75) is 50.5 Å². The minimum Gasteiger partial charge on any atom is -0.465 e. The molecule has 1 saturated carbocycles. The van der Waals surface area contributed by atoms with Gasteiger partial charge in [0.25, 0.3) is 5.91 Å². The van der Waals surface area contributed by atoms with Crippen LogP contribution in [0, 0.1) is 11.3 Å². The second kappa shape index (κ2) is 9.14. The third kappa shape index (κ3) is 4.19. The van der Waals surface area contributed by atoms with E-state index in [1.165, 1.54) is 0 Å². The Bertz CT molecular complexity index is 1310. The van der Waals surface area contributed by atoms with Gasteiger partial charge in [0, 0.05) is 5.39 Å². The zero-order valence-corrected chi connectivity index (χ0v) is 18.8. The number of hydrogen-bond donors (Lipinski definition) is 1. The number of para-hydroxylation sites is 1. The summed E-state index contributed by atoms with van der Waals surface area (Å²) in [5.74, 6) is -0.281. The van der Waals surface area contributed by atoms with Crippen LogP contribution in [0.4, 0.5) is 0 Å². The van der Waals surface area contributed by atoms with Gasteiger partial charge in [-0.2, -0.15) is 5.26 Å². The van der Waals surface area contributed by atoms with Crippen molar-refractivity contribution in [3.63, 3.8) is 0 Å². The molecule has 172 valence electrons. The average Bonchev–Trinajstić information content (AvgIpc) is 3.52. The minimum atomic E-state index is -0.863. The Morgan fingerprint density at radius 3 is 2.74 bits per heavy atom. The summed E-state index contributed by atoms with van der Waals surface area (Å²) in [5.41, 5.74) is 2.85. The topological polar surface area (TPSA) is 105 Å². The average molecular weight is 456 g/mol. The number of hydrogen-bond acceptors (Lipinski definition) is 6. The van der Waals surface area contributed by atoms with Gasteiger partial charge in [-0.1, -0.05) is 37.5 Å². The molecule has 0 unspecified atom stereocenters. The number of benzene rings is 1. The molecule has 1 fully saturated rings. The molecule has 0 aliphatic heterocycles. The van der Waals surface area contributed by atoms with Crippen LogP contribution in [-0.2, 0) is 16.0 Å². The van der Waals surface area contributed by atoms with Crippen LogP contribution in [0.5, 0.6) is 0 Å². The molecular formula is C27H25N3O4. The number of nitrogens with zero attached hydrogens (tertiary/aromatic N) is 2. The lowest BCUT2D eigenvalue weighted by Crippen LogP contribution is -2.50. The molecule has 1 aromatic carbocycles. The highest BCUT2D eigenvalue weighted by Gasteiger charge is 2.34. The number of rotatable bonds is 5. The zero-order chi connectivity index (χ0) is 23.5. The van der Waals surface area contributed by atoms with E-state index in [9.17, 15) is 14.9 Å². The van der Waals surface area contributed by atoms with Crippen molar-refractivity contribution in [3.8, 4) is 6.07 Å². The maximum atomic E-state index is 13.3. The molecule has 2 aromatic heterocycles. The molecule has 2 aliphatic rings. The van der Waals surface area contributed by atoms with Gasteiger partial charge in [0.1, 0.15) is 11.3 Å². The number of fused-ring (bicyclic) bond motifs is 2. The van der Waals surface area contributed by atoms with E-state index >= 15 is 0 Å². The molecule has 5 rings (SSSR count). The Morgan fingerprint density at radius 2 is 1.97 bits per heavy atom. The lowest BCUT2D eigenvalue weighted by molar-refractivity contribution is -0.125. The van der Waals surface area contributed by atoms with Crippen molar-refractivity contribution in [2.75, 3.05) is 6.61 Å². The first kappa shape index (κ1) is 21.9. The monoisotopic (exact) mass is 455 g/mol. The van der Waals surface area contributed by atoms with Gasteiger partial charge in [-0.05, 0) is 61.1 Å². The van der Waals surface area contributed by atoms with Crippen molar-refractivity contribution in [1.29, 1.82) is 5.26 Å². The summed E-state index contributed by atoms with van der Waals surface area (Å²) in [6.45, 7) is -0.428. The van der Waals surface area contributed by atoms with E-state index in [2.05, 4.69) is 11.4 Å². The predicted octanol–water partition coefficient (Wildman–Crippen LogP) is 4.81. The molecule has 0 saturated heterocycles. The number of furan rings is 1. The van der Waals surface area contributed by atoms with Gasteiger partial charge in [0.2, 0.25) is 0 Å². The van der Waals surface area contributed by atoms with Gasteiger partial charge in [-0.15, -0.1) is 0 Å². The summed E-state index contributed by atoms with van der Waals surface area (Å²) in [7, 11) is 0. The van der Waals surface area contributed by atoms with E-state index in [0.29, 0.717) is 35.7 Å². The van der Waals surface area contributed by atoms with Gasteiger partial charge < -0.3 is 14.5 Å². The van der Waals surface area contributed by atoms with Gasteiger partial charge in [-0.25, -0.2) is 9.78 Å². The Hall–Kier alpha value is -3.92. The summed E-state index contributed by atoms with van der Waals surface area (Å²) >= 11 is 0. The lowest BCUT2D eigenvalue weighted by Gasteiger charge is -2.31. The highest BCUT2D eigenvalue weighted by Crippen LogP contribution is 2.38. The molecule has 1 amide bonds. The van der Waals surface area contributed by atoms with Crippen LogP contribution < -0.4 is 5.32 Å². The number of nitrogens with one attached hydrogen (secondary N) is 1. The third-order valence-corrected chi connectivity index (χ3v) is 6.64. The number of carbonyl (C=O) groups excluding carboxylic acids is 2. The number of allylic oxidation sites excluding steroid dienone is 1. The standard InChI is InChI=1S/C27H25N3O4/c28-17-27(12-4-1-5-13-27)30-23(31)16-34-26(32)24-20-8-2-3-9-22(20)29-25-18(10-11-21(24)25)15-19-7-6-14-33-19/h2-3,6-9,14-15H,1,4-5,10-13,16H2,(H,30,31)/b18-15+. The second-order valence-electron chi connectivity index (χ2n) is 8.89. The summed E-state index contributed by atoms with van der Waals surface area (Å²) in [4.78, 5) is 30.6. The van der Waals surface area contributed by atoms with Crippen LogP contribution in [0.15, 0.2) is 47.1 Å². The molecule has 1 N–H and O–H groups in total. The predicted molar refractivity (Wildman–Crippen MR) is 126 cm³/mol. The fourth-order valence-electron chi connectivity index (χ4n) is 4.98. The number of esters is 1. The number of pyridine rings is 1.